The zero-order valence-corrected chi connectivity index (χ0v) is 21.1. The second-order valence-electron chi connectivity index (χ2n) is 7.01. The molecule has 180 valence electrons. The van der Waals surface area contributed by atoms with Crippen LogP contribution in [0.4, 0.5) is 5.69 Å². The van der Waals surface area contributed by atoms with Crippen LogP contribution in [0.3, 0.4) is 0 Å². The Labute approximate surface area is 211 Å². The van der Waals surface area contributed by atoms with Crippen molar-refractivity contribution in [3.05, 3.63) is 81.0 Å². The van der Waals surface area contributed by atoms with E-state index in [1.807, 2.05) is 12.1 Å². The van der Waals surface area contributed by atoms with Crippen LogP contribution in [0.15, 0.2) is 64.8 Å². The Morgan fingerprint density at radius 3 is 2.35 bits per heavy atom. The number of nitrogens with one attached hydrogen (secondary N) is 1. The Morgan fingerprint density at radius 1 is 1.15 bits per heavy atom. The van der Waals surface area contributed by atoms with Crippen molar-refractivity contribution in [2.45, 2.75) is 19.9 Å². The number of methoxy groups -OCH3 is 1. The summed E-state index contributed by atoms with van der Waals surface area (Å²) in [5.41, 5.74) is 2.06. The predicted octanol–water partition coefficient (Wildman–Crippen LogP) is 1.06. The number of aliphatic imine (C=N–C) groups is 1. The molecule has 0 bridgehead atoms. The third-order valence-electron chi connectivity index (χ3n) is 4.89. The first-order valence-electron chi connectivity index (χ1n) is 10.1. The molecule has 1 atom stereocenters. The Bertz CT molecular complexity index is 1120. The fraction of sp³-hybridized carbons (Fsp3) is 0.261. The maximum atomic E-state index is 12.6. The van der Waals surface area contributed by atoms with Gasteiger partial charge in [-0.15, -0.1) is 0 Å². The molecule has 2 aromatic rings. The van der Waals surface area contributed by atoms with Crippen LogP contribution in [0.2, 0.25) is 0 Å². The molecule has 2 aromatic carbocycles. The number of ether oxygens (including phenoxy) is 2. The van der Waals surface area contributed by atoms with Crippen LogP contribution in [0, 0.1) is 10.1 Å². The number of thioether (sulfide) groups is 1. The zero-order chi connectivity index (χ0) is 24.0. The van der Waals surface area contributed by atoms with Gasteiger partial charge in [-0.05, 0) is 43.7 Å². The highest BCUT2D eigenvalue weighted by Crippen LogP contribution is 2.33. The first-order valence-corrected chi connectivity index (χ1v) is 11.1. The Kier molecular flexibility index (Phi) is 9.82. The number of allylic oxidation sites excluding steroid dienone is 1. The largest absolute Gasteiger partial charge is 1.00 e. The number of Topliss-reactive ketones (excluding diaryl/α,β-unsaturated/α-hetero) is 1. The number of hydrogen-bond acceptors (Lipinski definition) is 9. The number of non-ortho nitro benzene ring substituents is 1. The van der Waals surface area contributed by atoms with E-state index in [1.54, 1.807) is 33.1 Å². The van der Waals surface area contributed by atoms with Crippen molar-refractivity contribution in [1.82, 2.24) is 5.32 Å². The second-order valence-corrected chi connectivity index (χ2v) is 7.97. The highest BCUT2D eigenvalue weighted by Gasteiger charge is 2.30. The molecule has 1 aliphatic rings. The van der Waals surface area contributed by atoms with E-state index in [0.717, 1.165) is 5.56 Å². The summed E-state index contributed by atoms with van der Waals surface area (Å²) in [6, 6.07) is 12.1. The number of nitro benzene ring substituents is 1. The van der Waals surface area contributed by atoms with Gasteiger partial charge in [0, 0.05) is 23.4 Å². The van der Waals surface area contributed by atoms with Crippen LogP contribution in [0.1, 0.15) is 35.8 Å². The van der Waals surface area contributed by atoms with Crippen molar-refractivity contribution in [3.8, 4) is 5.75 Å². The molecule has 1 N–H and O–H groups in total. The number of benzene rings is 2. The number of esters is 1. The minimum absolute atomic E-state index is 0. The van der Waals surface area contributed by atoms with Gasteiger partial charge in [-0.2, -0.15) is 0 Å². The number of rotatable bonds is 8. The smallest absolute Gasteiger partial charge is 0.338 e. The summed E-state index contributed by atoms with van der Waals surface area (Å²) in [7, 11) is 1.57. The van der Waals surface area contributed by atoms with Crippen molar-refractivity contribution >= 4 is 34.4 Å². The lowest BCUT2D eigenvalue weighted by atomic mass is 9.96. The van der Waals surface area contributed by atoms with E-state index in [-0.39, 0.29) is 40.8 Å². The number of carbonyl (C=O) groups excluding carboxylic acids is 2. The van der Waals surface area contributed by atoms with Crippen LogP contribution >= 0.6 is 11.8 Å². The normalized spacial score (nSPS) is 14.9. The summed E-state index contributed by atoms with van der Waals surface area (Å²) >= 11 is 1.19. The lowest BCUT2D eigenvalue weighted by Gasteiger charge is -2.25. The summed E-state index contributed by atoms with van der Waals surface area (Å²) in [4.78, 5) is 40.1. The molecule has 0 aliphatic carbocycles. The van der Waals surface area contributed by atoms with Crippen LogP contribution in [0.25, 0.3) is 0 Å². The molecule has 1 heterocycles. The third-order valence-corrected chi connectivity index (χ3v) is 5.77. The number of ketones is 1. The fourth-order valence-electron chi connectivity index (χ4n) is 3.21. The quantitative estimate of drug-likeness (QED) is 0.225. The first-order chi connectivity index (χ1) is 15.8. The van der Waals surface area contributed by atoms with Crippen molar-refractivity contribution in [2.24, 2.45) is 4.99 Å². The van der Waals surface area contributed by atoms with Gasteiger partial charge in [0.2, 0.25) is 0 Å². The number of nitro groups is 1. The molecule has 0 radical (unpaired) electrons. The number of halogens is 1. The molecule has 0 aromatic heterocycles. The highest BCUT2D eigenvalue weighted by molar-refractivity contribution is 8.14. The Balaban J connectivity index is 0.00000408. The van der Waals surface area contributed by atoms with Gasteiger partial charge >= 0.3 is 5.97 Å². The topological polar surface area (TPSA) is 120 Å². The minimum atomic E-state index is -0.604. The van der Waals surface area contributed by atoms with E-state index < -0.39 is 16.9 Å². The molecule has 0 amide bonds. The third kappa shape index (κ3) is 6.45. The molecule has 1 unspecified atom stereocenters. The van der Waals surface area contributed by atoms with Crippen LogP contribution in [-0.2, 0) is 9.53 Å². The predicted molar refractivity (Wildman–Crippen MR) is 126 cm³/mol. The Hall–Kier alpha value is -3.18. The average Bonchev–Trinajstić information content (AvgIpc) is 2.82. The van der Waals surface area contributed by atoms with Crippen LogP contribution in [-0.4, -0.2) is 41.3 Å². The summed E-state index contributed by atoms with van der Waals surface area (Å²) in [5.74, 6) is 0.0932. The van der Waals surface area contributed by atoms with Crippen molar-refractivity contribution in [3.63, 3.8) is 0 Å². The van der Waals surface area contributed by atoms with Gasteiger partial charge in [-0.1, -0.05) is 23.9 Å². The summed E-state index contributed by atoms with van der Waals surface area (Å²) < 4.78 is 10.4. The summed E-state index contributed by atoms with van der Waals surface area (Å²) in [6.45, 7) is 3.73. The summed E-state index contributed by atoms with van der Waals surface area (Å²) in [5, 5.41) is 14.4. The number of amidine groups is 1. The van der Waals surface area contributed by atoms with Gasteiger partial charge in [-0.25, -0.2) is 9.79 Å². The second kappa shape index (κ2) is 12.3. The number of nitrogens with zero attached hydrogens (tertiary/aromatic N) is 2. The van der Waals surface area contributed by atoms with E-state index in [2.05, 4.69) is 10.3 Å². The van der Waals surface area contributed by atoms with Gasteiger partial charge < -0.3 is 31.8 Å². The lowest BCUT2D eigenvalue weighted by Crippen LogP contribution is -3.00. The molecule has 3 rings (SSSR count). The van der Waals surface area contributed by atoms with E-state index in [4.69, 9.17) is 9.47 Å². The first kappa shape index (κ1) is 27.1. The molecular weight excluding hydrogens is 526 g/mol. The molecule has 1 aliphatic heterocycles. The van der Waals surface area contributed by atoms with Crippen molar-refractivity contribution in [2.75, 3.05) is 19.5 Å². The number of carbonyl (C=O) groups is 2. The fourth-order valence-corrected chi connectivity index (χ4v) is 4.05. The van der Waals surface area contributed by atoms with E-state index in [9.17, 15) is 19.7 Å². The van der Waals surface area contributed by atoms with E-state index >= 15 is 0 Å². The van der Waals surface area contributed by atoms with E-state index in [1.165, 1.54) is 36.0 Å². The molecule has 0 saturated carbocycles. The van der Waals surface area contributed by atoms with Crippen LogP contribution in [0.5, 0.6) is 5.75 Å². The van der Waals surface area contributed by atoms with Crippen molar-refractivity contribution in [1.29, 1.82) is 0 Å². The molecule has 0 fully saturated rings. The number of hydrogen-bond donors (Lipinski definition) is 1. The molecule has 34 heavy (non-hydrogen) atoms. The Morgan fingerprint density at radius 2 is 1.79 bits per heavy atom. The average molecular weight is 549 g/mol. The lowest BCUT2D eigenvalue weighted by molar-refractivity contribution is -0.384. The van der Waals surface area contributed by atoms with Gasteiger partial charge in [0.25, 0.3) is 5.69 Å². The van der Waals surface area contributed by atoms with Crippen LogP contribution < -0.4 is 27.0 Å². The molecule has 0 saturated heterocycles. The molecule has 9 nitrogen and oxygen atoms in total. The molecule has 11 heteroatoms. The molecule has 0 spiro atoms. The van der Waals surface area contributed by atoms with Gasteiger partial charge in [0.05, 0.1) is 30.0 Å². The van der Waals surface area contributed by atoms with Gasteiger partial charge in [0.1, 0.15) is 11.8 Å². The van der Waals surface area contributed by atoms with Gasteiger partial charge in [0.15, 0.2) is 11.0 Å². The minimum Gasteiger partial charge on any atom is -1.00 e. The summed E-state index contributed by atoms with van der Waals surface area (Å²) in [6.07, 6.45) is 0. The maximum absolute atomic E-state index is 12.6. The molecular formula is C23H23BrN3O6S-. The zero-order valence-electron chi connectivity index (χ0n) is 18.7. The standard InChI is InChI=1S/C23H23N3O6S.BrH/c1-4-32-22(28)20-14(2)24-23(25-21(20)16-7-11-18(31-3)12-8-16)33-13-19(27)15-5-9-17(10-6-15)26(29)30;/h5-12,21H,4,13H2,1-3H3,(H,24,25);1H/p-1. The highest BCUT2D eigenvalue weighted by atomic mass is 79.9. The SMILES string of the molecule is CCOC(=O)C1=C(C)NC(SCC(=O)c2ccc([N+](=O)[O-])cc2)=NC1c1ccc(OC)cc1.[Br-]. The van der Waals surface area contributed by atoms with Gasteiger partial charge in [-0.3, -0.25) is 14.9 Å². The van der Waals surface area contributed by atoms with Crippen molar-refractivity contribution < 1.29 is 41.0 Å². The maximum Gasteiger partial charge on any atom is 0.338 e. The monoisotopic (exact) mass is 548 g/mol. The van der Waals surface area contributed by atoms with E-state index in [0.29, 0.717) is 27.8 Å².